The number of non-ortho nitro benzene ring substituents is 1. The molecular formula is C36H44N6O6. The van der Waals surface area contributed by atoms with Gasteiger partial charge >= 0.3 is 12.2 Å². The molecule has 2 amide bonds. The molecule has 2 aliphatic rings. The largest absolute Gasteiger partial charge is 0.443 e. The lowest BCUT2D eigenvalue weighted by molar-refractivity contribution is -0.384. The van der Waals surface area contributed by atoms with Crippen molar-refractivity contribution in [2.24, 2.45) is 5.73 Å². The standard InChI is InChI=1S/C24H23N3O4.C10H13N3O2.2CH4/c28-24-26(21-11-13-22(14-12-21)27(29)30)18-23(31-24)17-25(15-19-7-3-1-4-8-19)16-20-9-5-2-6-10-20;11-5-9-6-13(10(14)15-9)8-3-1-7(12)2-4-8;;/h1-14,23H,15-18H2;1-4,9H,5-6,11-12H2;2*1H4/t23-;9-;;/m11../s1. The molecule has 0 aromatic heterocycles. The smallest absolute Gasteiger partial charge is 0.414 e. The molecule has 0 radical (unpaired) electrons. The van der Waals surface area contributed by atoms with Gasteiger partial charge in [-0.05, 0) is 47.5 Å². The minimum atomic E-state index is -0.458. The summed E-state index contributed by atoms with van der Waals surface area (Å²) in [5.74, 6) is 0. The Morgan fingerprint density at radius 1 is 0.708 bits per heavy atom. The van der Waals surface area contributed by atoms with Gasteiger partial charge in [-0.1, -0.05) is 75.5 Å². The van der Waals surface area contributed by atoms with Crippen LogP contribution in [0.1, 0.15) is 26.0 Å². The maximum absolute atomic E-state index is 12.5. The lowest BCUT2D eigenvalue weighted by atomic mass is 10.1. The van der Waals surface area contributed by atoms with Gasteiger partial charge in [0.15, 0.2) is 0 Å². The van der Waals surface area contributed by atoms with Gasteiger partial charge < -0.3 is 20.9 Å². The average molecular weight is 657 g/mol. The molecule has 0 bridgehead atoms. The van der Waals surface area contributed by atoms with Gasteiger partial charge in [-0.25, -0.2) is 9.59 Å². The molecule has 2 fully saturated rings. The summed E-state index contributed by atoms with van der Waals surface area (Å²) < 4.78 is 10.7. The number of nitro groups is 1. The summed E-state index contributed by atoms with van der Waals surface area (Å²) in [4.78, 5) is 39.7. The number of hydrogen-bond acceptors (Lipinski definition) is 9. The SMILES string of the molecule is C.C.NC[C@@H]1CN(c2ccc(N)cc2)C(=O)O1.O=C1O[C@H](CN(Cc2ccccc2)Cc2ccccc2)CN1c1ccc([N+](=O)[O-])cc1. The van der Waals surface area contributed by atoms with Gasteiger partial charge in [-0.15, -0.1) is 0 Å². The molecule has 4 N–H and O–H groups in total. The molecule has 2 atom stereocenters. The molecule has 0 spiro atoms. The molecule has 2 heterocycles. The van der Waals surface area contributed by atoms with Crippen molar-refractivity contribution in [1.29, 1.82) is 0 Å². The van der Waals surface area contributed by atoms with E-state index in [1.807, 2.05) is 36.4 Å². The Morgan fingerprint density at radius 2 is 1.15 bits per heavy atom. The number of anilines is 3. The first-order chi connectivity index (χ1) is 22.3. The number of nitro benzene ring substituents is 1. The van der Waals surface area contributed by atoms with Crippen molar-refractivity contribution in [2.45, 2.75) is 40.2 Å². The van der Waals surface area contributed by atoms with E-state index in [2.05, 4.69) is 29.2 Å². The van der Waals surface area contributed by atoms with E-state index in [0.717, 1.165) is 18.8 Å². The zero-order valence-corrected chi connectivity index (χ0v) is 25.2. The highest BCUT2D eigenvalue weighted by Gasteiger charge is 2.34. The normalized spacial score (nSPS) is 16.6. The Balaban J connectivity index is 0.000000311. The summed E-state index contributed by atoms with van der Waals surface area (Å²) in [6, 6.07) is 33.4. The molecule has 6 rings (SSSR count). The maximum Gasteiger partial charge on any atom is 0.414 e. The van der Waals surface area contributed by atoms with E-state index >= 15 is 0 Å². The fraction of sp³-hybridized carbons (Fsp3) is 0.278. The van der Waals surface area contributed by atoms with E-state index in [1.54, 1.807) is 41.3 Å². The number of nitrogens with zero attached hydrogens (tertiary/aromatic N) is 4. The van der Waals surface area contributed by atoms with Crippen LogP contribution in [-0.4, -0.2) is 60.4 Å². The van der Waals surface area contributed by atoms with E-state index in [1.165, 1.54) is 28.2 Å². The van der Waals surface area contributed by atoms with E-state index in [0.29, 0.717) is 37.6 Å². The third-order valence-corrected chi connectivity index (χ3v) is 7.55. The lowest BCUT2D eigenvalue weighted by Crippen LogP contribution is -2.34. The molecule has 2 aliphatic heterocycles. The van der Waals surface area contributed by atoms with Crippen LogP contribution in [0.25, 0.3) is 0 Å². The average Bonchev–Trinajstić information content (AvgIpc) is 3.63. The summed E-state index contributed by atoms with van der Waals surface area (Å²) in [5, 5.41) is 10.9. The Bertz CT molecular complexity index is 1560. The van der Waals surface area contributed by atoms with Crippen LogP contribution in [0.2, 0.25) is 0 Å². The molecule has 0 aliphatic carbocycles. The van der Waals surface area contributed by atoms with Crippen molar-refractivity contribution >= 4 is 34.9 Å². The zero-order chi connectivity index (χ0) is 32.5. The van der Waals surface area contributed by atoms with Gasteiger partial charge in [0.2, 0.25) is 0 Å². The third-order valence-electron chi connectivity index (χ3n) is 7.55. The van der Waals surface area contributed by atoms with Crippen molar-refractivity contribution in [3.8, 4) is 0 Å². The summed E-state index contributed by atoms with van der Waals surface area (Å²) in [6.07, 6.45) is -1.29. The van der Waals surface area contributed by atoms with Crippen LogP contribution in [0.3, 0.4) is 0 Å². The highest BCUT2D eigenvalue weighted by atomic mass is 16.6. The molecule has 12 heteroatoms. The second-order valence-corrected chi connectivity index (χ2v) is 11.0. The fourth-order valence-electron chi connectivity index (χ4n) is 5.25. The van der Waals surface area contributed by atoms with Crippen LogP contribution in [0, 0.1) is 10.1 Å². The Hall–Kier alpha value is -5.46. The van der Waals surface area contributed by atoms with Crippen LogP contribution in [0.15, 0.2) is 109 Å². The van der Waals surface area contributed by atoms with Crippen molar-refractivity contribution in [1.82, 2.24) is 4.90 Å². The lowest BCUT2D eigenvalue weighted by Gasteiger charge is -2.25. The number of carbonyl (C=O) groups excluding carboxylic acids is 2. The van der Waals surface area contributed by atoms with Crippen LogP contribution in [0.4, 0.5) is 32.3 Å². The Kier molecular flexibility index (Phi) is 13.5. The highest BCUT2D eigenvalue weighted by Crippen LogP contribution is 2.25. The number of nitrogen functional groups attached to an aromatic ring is 1. The summed E-state index contributed by atoms with van der Waals surface area (Å²) >= 11 is 0. The number of cyclic esters (lactones) is 2. The van der Waals surface area contributed by atoms with Crippen molar-refractivity contribution in [3.63, 3.8) is 0 Å². The highest BCUT2D eigenvalue weighted by molar-refractivity contribution is 5.90. The van der Waals surface area contributed by atoms with Gasteiger partial charge in [0.05, 0.1) is 18.0 Å². The molecule has 12 nitrogen and oxygen atoms in total. The van der Waals surface area contributed by atoms with Crippen LogP contribution < -0.4 is 21.3 Å². The van der Waals surface area contributed by atoms with Crippen LogP contribution >= 0.6 is 0 Å². The van der Waals surface area contributed by atoms with Crippen molar-refractivity contribution in [3.05, 3.63) is 130 Å². The molecular weight excluding hydrogens is 612 g/mol. The van der Waals surface area contributed by atoms with Gasteiger partial charge in [0, 0.05) is 55.4 Å². The molecule has 4 aromatic carbocycles. The third kappa shape index (κ3) is 9.77. The minimum absolute atomic E-state index is 0. The maximum atomic E-state index is 12.5. The predicted molar refractivity (Wildman–Crippen MR) is 189 cm³/mol. The number of amides is 2. The number of ether oxygens (including phenoxy) is 2. The first kappa shape index (κ1) is 37.0. The first-order valence-corrected chi connectivity index (χ1v) is 14.9. The number of hydrogen-bond donors (Lipinski definition) is 2. The molecule has 0 saturated carbocycles. The van der Waals surface area contributed by atoms with Crippen molar-refractivity contribution in [2.75, 3.05) is 41.7 Å². The Morgan fingerprint density at radius 3 is 1.58 bits per heavy atom. The zero-order valence-electron chi connectivity index (χ0n) is 25.2. The number of rotatable bonds is 10. The summed E-state index contributed by atoms with van der Waals surface area (Å²) in [7, 11) is 0. The van der Waals surface area contributed by atoms with E-state index < -0.39 is 11.0 Å². The number of nitrogens with two attached hydrogens (primary N) is 2. The van der Waals surface area contributed by atoms with Gasteiger partial charge in [-0.3, -0.25) is 24.8 Å². The topological polar surface area (TPSA) is 158 Å². The summed E-state index contributed by atoms with van der Waals surface area (Å²) in [6.45, 7) is 3.30. The molecule has 48 heavy (non-hydrogen) atoms. The second kappa shape index (κ2) is 17.5. The van der Waals surface area contributed by atoms with Gasteiger partial charge in [-0.2, -0.15) is 0 Å². The van der Waals surface area contributed by atoms with Gasteiger partial charge in [0.25, 0.3) is 5.69 Å². The van der Waals surface area contributed by atoms with E-state index in [4.69, 9.17) is 20.9 Å². The predicted octanol–water partition coefficient (Wildman–Crippen LogP) is 6.45. The van der Waals surface area contributed by atoms with Gasteiger partial charge in [0.1, 0.15) is 12.2 Å². The quantitative estimate of drug-likeness (QED) is 0.111. The number of benzene rings is 4. The molecule has 254 valence electrons. The Labute approximate surface area is 281 Å². The molecule has 0 unspecified atom stereocenters. The van der Waals surface area contributed by atoms with Crippen molar-refractivity contribution < 1.29 is 24.0 Å². The fourth-order valence-corrected chi connectivity index (χ4v) is 5.25. The minimum Gasteiger partial charge on any atom is -0.443 e. The molecule has 4 aromatic rings. The number of carbonyl (C=O) groups is 2. The first-order valence-electron chi connectivity index (χ1n) is 14.9. The van der Waals surface area contributed by atoms with Crippen LogP contribution in [-0.2, 0) is 22.6 Å². The monoisotopic (exact) mass is 656 g/mol. The summed E-state index contributed by atoms with van der Waals surface area (Å²) in [5.41, 5.74) is 15.4. The second-order valence-electron chi connectivity index (χ2n) is 11.0. The van der Waals surface area contributed by atoms with E-state index in [-0.39, 0.29) is 38.8 Å². The van der Waals surface area contributed by atoms with Crippen LogP contribution in [0.5, 0.6) is 0 Å². The van der Waals surface area contributed by atoms with E-state index in [9.17, 15) is 19.7 Å². The molecule has 2 saturated heterocycles.